The number of fused-ring (bicyclic) bond motifs is 1. The molecule has 0 saturated heterocycles. The monoisotopic (exact) mass is 450 g/mol. The number of halogens is 1. The lowest BCUT2D eigenvalue weighted by Crippen LogP contribution is -2.36. The molecule has 32 heavy (non-hydrogen) atoms. The molecule has 0 aliphatic heterocycles. The van der Waals surface area contributed by atoms with Crippen molar-refractivity contribution in [3.63, 3.8) is 0 Å². The molecule has 1 aromatic heterocycles. The zero-order valence-corrected chi connectivity index (χ0v) is 19.6. The average molecular weight is 451 g/mol. The van der Waals surface area contributed by atoms with Gasteiger partial charge in [-0.25, -0.2) is 9.97 Å². The topological polar surface area (TPSA) is 58.1 Å². The van der Waals surface area contributed by atoms with Crippen LogP contribution in [-0.2, 0) is 11.2 Å². The van der Waals surface area contributed by atoms with Gasteiger partial charge in [0.05, 0.1) is 5.52 Å². The fourth-order valence-electron chi connectivity index (χ4n) is 3.79. The highest BCUT2D eigenvalue weighted by atomic mass is 35.5. The second kappa shape index (κ2) is 10.3. The number of anilines is 1. The first kappa shape index (κ1) is 22.5. The minimum Gasteiger partial charge on any atom is -0.355 e. The summed E-state index contributed by atoms with van der Waals surface area (Å²) in [5.41, 5.74) is 2.14. The highest BCUT2D eigenvalue weighted by Crippen LogP contribution is 2.40. The van der Waals surface area contributed by atoms with Gasteiger partial charge in [0.2, 0.25) is 5.91 Å². The first-order valence-electron chi connectivity index (χ1n) is 11.6. The summed E-state index contributed by atoms with van der Waals surface area (Å²) in [6, 6.07) is 16.4. The van der Waals surface area contributed by atoms with E-state index in [1.165, 1.54) is 5.56 Å². The van der Waals surface area contributed by atoms with E-state index >= 15 is 0 Å². The van der Waals surface area contributed by atoms with Gasteiger partial charge in [-0.05, 0) is 56.4 Å². The Morgan fingerprint density at radius 3 is 2.66 bits per heavy atom. The number of carbonyl (C=O) groups is 1. The molecule has 1 aliphatic carbocycles. The number of amides is 1. The molecule has 1 atom stereocenters. The number of rotatable bonds is 10. The largest absolute Gasteiger partial charge is 0.355 e. The van der Waals surface area contributed by atoms with Crippen LogP contribution in [0.25, 0.3) is 10.9 Å². The zero-order chi connectivity index (χ0) is 22.5. The lowest BCUT2D eigenvalue weighted by molar-refractivity contribution is -0.121. The summed E-state index contributed by atoms with van der Waals surface area (Å²) in [7, 11) is 0. The second-order valence-electron chi connectivity index (χ2n) is 8.69. The molecule has 168 valence electrons. The Morgan fingerprint density at radius 2 is 1.94 bits per heavy atom. The molecule has 0 spiro atoms. The van der Waals surface area contributed by atoms with Crippen LogP contribution in [0.15, 0.2) is 48.5 Å². The SMILES string of the molecule is CCC(C)NC(=O)CCN(CCc1ccccc1)c1nc(C2CC2)nc2cc(Cl)ccc12. The third-order valence-corrected chi connectivity index (χ3v) is 6.28. The van der Waals surface area contributed by atoms with E-state index in [9.17, 15) is 4.79 Å². The van der Waals surface area contributed by atoms with Gasteiger partial charge in [-0.15, -0.1) is 0 Å². The predicted molar refractivity (Wildman–Crippen MR) is 131 cm³/mol. The van der Waals surface area contributed by atoms with Crippen LogP contribution in [0.3, 0.4) is 0 Å². The molecule has 5 nitrogen and oxygen atoms in total. The third-order valence-electron chi connectivity index (χ3n) is 6.04. The molecule has 0 bridgehead atoms. The van der Waals surface area contributed by atoms with E-state index in [2.05, 4.69) is 41.4 Å². The van der Waals surface area contributed by atoms with Crippen molar-refractivity contribution in [1.29, 1.82) is 0 Å². The third kappa shape index (κ3) is 5.77. The maximum Gasteiger partial charge on any atom is 0.221 e. The van der Waals surface area contributed by atoms with Crippen LogP contribution in [0.1, 0.15) is 56.8 Å². The lowest BCUT2D eigenvalue weighted by Gasteiger charge is -2.26. The Morgan fingerprint density at radius 1 is 1.16 bits per heavy atom. The maximum atomic E-state index is 12.5. The number of hydrogen-bond acceptors (Lipinski definition) is 4. The van der Waals surface area contributed by atoms with Gasteiger partial charge >= 0.3 is 0 Å². The van der Waals surface area contributed by atoms with Crippen molar-refractivity contribution in [2.45, 2.75) is 57.9 Å². The van der Waals surface area contributed by atoms with Crippen molar-refractivity contribution in [2.75, 3.05) is 18.0 Å². The van der Waals surface area contributed by atoms with Gasteiger partial charge in [-0.1, -0.05) is 48.9 Å². The standard InChI is InChI=1S/C26H31ClN4O/c1-3-18(2)28-24(32)14-16-31(15-13-19-7-5-4-6-8-19)26-22-12-11-21(27)17-23(22)29-25(30-26)20-9-10-20/h4-8,11-12,17-18,20H,3,9-10,13-16H2,1-2H3,(H,28,32). The highest BCUT2D eigenvalue weighted by Gasteiger charge is 2.28. The lowest BCUT2D eigenvalue weighted by atomic mass is 10.1. The van der Waals surface area contributed by atoms with Crippen molar-refractivity contribution in [1.82, 2.24) is 15.3 Å². The zero-order valence-electron chi connectivity index (χ0n) is 18.9. The van der Waals surface area contributed by atoms with E-state index in [0.717, 1.165) is 54.8 Å². The van der Waals surface area contributed by atoms with Crippen LogP contribution in [0.5, 0.6) is 0 Å². The summed E-state index contributed by atoms with van der Waals surface area (Å²) in [4.78, 5) is 24.6. The highest BCUT2D eigenvalue weighted by molar-refractivity contribution is 6.31. The van der Waals surface area contributed by atoms with E-state index < -0.39 is 0 Å². The maximum absolute atomic E-state index is 12.5. The number of nitrogens with zero attached hydrogens (tertiary/aromatic N) is 3. The van der Waals surface area contributed by atoms with Crippen LogP contribution in [0, 0.1) is 0 Å². The summed E-state index contributed by atoms with van der Waals surface area (Å²) >= 11 is 6.28. The minimum absolute atomic E-state index is 0.0767. The predicted octanol–water partition coefficient (Wildman–Crippen LogP) is 5.51. The van der Waals surface area contributed by atoms with Crippen LogP contribution in [0.4, 0.5) is 5.82 Å². The molecule has 0 radical (unpaired) electrons. The van der Waals surface area contributed by atoms with Gasteiger partial charge < -0.3 is 10.2 Å². The Bertz CT molecular complexity index is 1070. The summed E-state index contributed by atoms with van der Waals surface area (Å²) in [5.74, 6) is 2.30. The van der Waals surface area contributed by atoms with Gasteiger partial charge in [0.15, 0.2) is 0 Å². The molecule has 1 unspecified atom stereocenters. The van der Waals surface area contributed by atoms with Crippen LogP contribution < -0.4 is 10.2 Å². The Kier molecular flexibility index (Phi) is 7.26. The Hall–Kier alpha value is -2.66. The smallest absolute Gasteiger partial charge is 0.221 e. The first-order chi connectivity index (χ1) is 15.5. The summed E-state index contributed by atoms with van der Waals surface area (Å²) in [6.07, 6.45) is 4.49. The average Bonchev–Trinajstić information content (AvgIpc) is 3.64. The molecule has 3 aromatic rings. The van der Waals surface area contributed by atoms with Gasteiger partial charge in [0.1, 0.15) is 11.6 Å². The Balaban J connectivity index is 1.63. The van der Waals surface area contributed by atoms with Crippen LogP contribution >= 0.6 is 11.6 Å². The molecule has 1 amide bonds. The van der Waals surface area contributed by atoms with Gasteiger partial charge in [0, 0.05) is 41.9 Å². The number of carbonyl (C=O) groups excluding carboxylic acids is 1. The van der Waals surface area contributed by atoms with Crippen molar-refractivity contribution in [2.24, 2.45) is 0 Å². The van der Waals surface area contributed by atoms with E-state index in [-0.39, 0.29) is 11.9 Å². The molecule has 4 rings (SSSR count). The molecular weight excluding hydrogens is 420 g/mol. The molecule has 6 heteroatoms. The van der Waals surface area contributed by atoms with Crippen molar-refractivity contribution >= 4 is 34.2 Å². The normalized spacial score (nSPS) is 14.3. The van der Waals surface area contributed by atoms with E-state index in [4.69, 9.17) is 21.6 Å². The van der Waals surface area contributed by atoms with Crippen molar-refractivity contribution < 1.29 is 4.79 Å². The van der Waals surface area contributed by atoms with E-state index in [1.807, 2.05) is 31.2 Å². The summed E-state index contributed by atoms with van der Waals surface area (Å²) in [5, 5.41) is 4.73. The Labute approximate surface area is 195 Å². The van der Waals surface area contributed by atoms with Gasteiger partial charge in [0.25, 0.3) is 0 Å². The molecule has 1 saturated carbocycles. The summed E-state index contributed by atoms with van der Waals surface area (Å²) in [6.45, 7) is 5.50. The summed E-state index contributed by atoms with van der Waals surface area (Å²) < 4.78 is 0. The first-order valence-corrected chi connectivity index (χ1v) is 12.0. The van der Waals surface area contributed by atoms with Crippen LogP contribution in [-0.4, -0.2) is 35.0 Å². The quantitative estimate of drug-likeness (QED) is 0.442. The fraction of sp³-hybridized carbons (Fsp3) is 0.423. The van der Waals surface area contributed by atoms with Gasteiger partial charge in [-0.3, -0.25) is 4.79 Å². The van der Waals surface area contributed by atoms with Crippen molar-refractivity contribution in [3.8, 4) is 0 Å². The molecular formula is C26H31ClN4O. The van der Waals surface area contributed by atoms with Crippen molar-refractivity contribution in [3.05, 3.63) is 64.9 Å². The number of benzene rings is 2. The molecule has 1 fully saturated rings. The number of hydrogen-bond donors (Lipinski definition) is 1. The molecule has 2 aromatic carbocycles. The second-order valence-corrected chi connectivity index (χ2v) is 9.13. The van der Waals surface area contributed by atoms with E-state index in [1.54, 1.807) is 0 Å². The minimum atomic E-state index is 0.0767. The molecule has 1 aliphatic rings. The number of nitrogens with one attached hydrogen (secondary N) is 1. The van der Waals surface area contributed by atoms with Gasteiger partial charge in [-0.2, -0.15) is 0 Å². The number of aromatic nitrogens is 2. The molecule has 1 heterocycles. The van der Waals surface area contributed by atoms with Crippen LogP contribution in [0.2, 0.25) is 5.02 Å². The van der Waals surface area contributed by atoms with E-state index in [0.29, 0.717) is 23.9 Å². The fourth-order valence-corrected chi connectivity index (χ4v) is 3.95. The molecule has 1 N–H and O–H groups in total.